The average molecular weight is 333 g/mol. The van der Waals surface area contributed by atoms with Crippen molar-refractivity contribution in [3.63, 3.8) is 0 Å². The summed E-state index contributed by atoms with van der Waals surface area (Å²) in [5, 5.41) is 3.35. The summed E-state index contributed by atoms with van der Waals surface area (Å²) < 4.78 is 10.2. The number of anilines is 1. The SMILES string of the molecule is COC(=O)c1ccc(NC(=O)CCOc2cc(C)cc(C)c2)s1. The van der Waals surface area contributed by atoms with Crippen LogP contribution in [0.15, 0.2) is 30.3 Å². The van der Waals surface area contributed by atoms with Gasteiger partial charge in [-0.2, -0.15) is 0 Å². The monoisotopic (exact) mass is 333 g/mol. The number of esters is 1. The van der Waals surface area contributed by atoms with E-state index >= 15 is 0 Å². The summed E-state index contributed by atoms with van der Waals surface area (Å²) in [6.45, 7) is 4.30. The highest BCUT2D eigenvalue weighted by Crippen LogP contribution is 2.22. The summed E-state index contributed by atoms with van der Waals surface area (Å²) in [7, 11) is 1.32. The van der Waals surface area contributed by atoms with Crippen molar-refractivity contribution in [3.05, 3.63) is 46.3 Å². The maximum Gasteiger partial charge on any atom is 0.348 e. The van der Waals surface area contributed by atoms with Gasteiger partial charge in [0.15, 0.2) is 0 Å². The molecule has 0 spiro atoms. The lowest BCUT2D eigenvalue weighted by atomic mass is 10.1. The molecule has 0 bridgehead atoms. The number of amides is 1. The third-order valence-corrected chi connectivity index (χ3v) is 4.03. The van der Waals surface area contributed by atoms with Crippen molar-refractivity contribution in [3.8, 4) is 5.75 Å². The van der Waals surface area contributed by atoms with E-state index in [0.717, 1.165) is 16.9 Å². The lowest BCUT2D eigenvalue weighted by Crippen LogP contribution is -2.14. The predicted molar refractivity (Wildman–Crippen MR) is 90.3 cm³/mol. The number of aryl methyl sites for hydroxylation is 2. The Morgan fingerprint density at radius 3 is 2.48 bits per heavy atom. The van der Waals surface area contributed by atoms with E-state index in [9.17, 15) is 9.59 Å². The summed E-state index contributed by atoms with van der Waals surface area (Å²) in [6, 6.07) is 9.24. The smallest absolute Gasteiger partial charge is 0.348 e. The van der Waals surface area contributed by atoms with Gasteiger partial charge in [-0.1, -0.05) is 6.07 Å². The van der Waals surface area contributed by atoms with Crippen LogP contribution < -0.4 is 10.1 Å². The zero-order chi connectivity index (χ0) is 16.8. The van der Waals surface area contributed by atoms with Crippen LogP contribution in [0.2, 0.25) is 0 Å². The second kappa shape index (κ2) is 7.78. The van der Waals surface area contributed by atoms with Crippen molar-refractivity contribution >= 4 is 28.2 Å². The molecule has 0 radical (unpaired) electrons. The standard InChI is InChI=1S/C17H19NO4S/c1-11-8-12(2)10-13(9-11)22-7-6-15(19)18-16-5-4-14(23-16)17(20)21-3/h4-5,8-10H,6-7H2,1-3H3,(H,18,19). The van der Waals surface area contributed by atoms with Crippen molar-refractivity contribution in [2.24, 2.45) is 0 Å². The topological polar surface area (TPSA) is 64.6 Å². The molecule has 1 N–H and O–H groups in total. The minimum Gasteiger partial charge on any atom is -0.493 e. The number of thiophene rings is 1. The molecule has 2 aromatic rings. The van der Waals surface area contributed by atoms with E-state index in [4.69, 9.17) is 4.74 Å². The number of rotatable bonds is 6. The average Bonchev–Trinajstić information content (AvgIpc) is 2.93. The summed E-state index contributed by atoms with van der Waals surface area (Å²) in [5.74, 6) is 0.195. The summed E-state index contributed by atoms with van der Waals surface area (Å²) in [4.78, 5) is 23.7. The van der Waals surface area contributed by atoms with Crippen LogP contribution in [0.3, 0.4) is 0 Å². The Morgan fingerprint density at radius 1 is 1.13 bits per heavy atom. The van der Waals surface area contributed by atoms with Crippen molar-refractivity contribution < 1.29 is 19.1 Å². The van der Waals surface area contributed by atoms with Gasteiger partial charge in [-0.05, 0) is 49.2 Å². The molecule has 2 rings (SSSR count). The van der Waals surface area contributed by atoms with Gasteiger partial charge in [0, 0.05) is 0 Å². The lowest BCUT2D eigenvalue weighted by molar-refractivity contribution is -0.116. The molecule has 6 heteroatoms. The summed E-state index contributed by atoms with van der Waals surface area (Å²) in [5.41, 5.74) is 2.25. The highest BCUT2D eigenvalue weighted by molar-refractivity contribution is 7.18. The first-order chi connectivity index (χ1) is 11.0. The molecular weight excluding hydrogens is 314 g/mol. The minimum absolute atomic E-state index is 0.160. The molecule has 1 amide bonds. The number of hydrogen-bond acceptors (Lipinski definition) is 5. The van der Waals surface area contributed by atoms with E-state index in [1.165, 1.54) is 18.4 Å². The molecule has 0 saturated heterocycles. The largest absolute Gasteiger partial charge is 0.493 e. The zero-order valence-corrected chi connectivity index (χ0v) is 14.2. The van der Waals surface area contributed by atoms with Gasteiger partial charge in [0.25, 0.3) is 0 Å². The van der Waals surface area contributed by atoms with E-state index in [1.807, 2.05) is 26.0 Å². The molecule has 0 aliphatic carbocycles. The minimum atomic E-state index is -0.409. The van der Waals surface area contributed by atoms with Crippen LogP contribution in [0.25, 0.3) is 0 Å². The van der Waals surface area contributed by atoms with Gasteiger partial charge in [0.2, 0.25) is 5.91 Å². The van der Waals surface area contributed by atoms with Crippen LogP contribution in [0.1, 0.15) is 27.2 Å². The normalized spacial score (nSPS) is 10.2. The number of ether oxygens (including phenoxy) is 2. The Bertz CT molecular complexity index is 688. The third-order valence-electron chi connectivity index (χ3n) is 3.05. The van der Waals surface area contributed by atoms with Crippen LogP contribution >= 0.6 is 11.3 Å². The van der Waals surface area contributed by atoms with Crippen LogP contribution in [-0.4, -0.2) is 25.6 Å². The first-order valence-corrected chi connectivity index (χ1v) is 7.98. The number of benzene rings is 1. The molecule has 1 heterocycles. The van der Waals surface area contributed by atoms with Crippen molar-refractivity contribution in [1.82, 2.24) is 0 Å². The van der Waals surface area contributed by atoms with Gasteiger partial charge in [-0.25, -0.2) is 4.79 Å². The Morgan fingerprint density at radius 2 is 1.83 bits per heavy atom. The Hall–Kier alpha value is -2.34. The van der Waals surface area contributed by atoms with Crippen molar-refractivity contribution in [2.75, 3.05) is 19.0 Å². The third kappa shape index (κ3) is 5.10. The fourth-order valence-corrected chi connectivity index (χ4v) is 2.93. The summed E-state index contributed by atoms with van der Waals surface area (Å²) >= 11 is 1.18. The zero-order valence-electron chi connectivity index (χ0n) is 13.3. The highest BCUT2D eigenvalue weighted by atomic mass is 32.1. The van der Waals surface area contributed by atoms with Crippen molar-refractivity contribution in [1.29, 1.82) is 0 Å². The van der Waals surface area contributed by atoms with E-state index < -0.39 is 5.97 Å². The first-order valence-electron chi connectivity index (χ1n) is 7.17. The van der Waals surface area contributed by atoms with Gasteiger partial charge in [0.05, 0.1) is 25.1 Å². The lowest BCUT2D eigenvalue weighted by Gasteiger charge is -2.08. The number of nitrogens with one attached hydrogen (secondary N) is 1. The van der Waals surface area contributed by atoms with E-state index in [2.05, 4.69) is 16.1 Å². The number of methoxy groups -OCH3 is 1. The second-order valence-electron chi connectivity index (χ2n) is 5.13. The van der Waals surface area contributed by atoms with Gasteiger partial charge >= 0.3 is 5.97 Å². The maximum absolute atomic E-state index is 11.9. The first kappa shape index (κ1) is 17.0. The number of carbonyl (C=O) groups excluding carboxylic acids is 2. The van der Waals surface area contributed by atoms with Gasteiger partial charge in [-0.15, -0.1) is 11.3 Å². The van der Waals surface area contributed by atoms with E-state index in [0.29, 0.717) is 16.5 Å². The van der Waals surface area contributed by atoms with Crippen LogP contribution in [0, 0.1) is 13.8 Å². The molecule has 0 saturated carbocycles. The number of carbonyl (C=O) groups is 2. The molecule has 122 valence electrons. The van der Waals surface area contributed by atoms with Gasteiger partial charge < -0.3 is 14.8 Å². The molecule has 1 aromatic heterocycles. The Kier molecular flexibility index (Phi) is 5.76. The second-order valence-corrected chi connectivity index (χ2v) is 6.21. The predicted octanol–water partition coefficient (Wildman–Crippen LogP) is 3.56. The molecule has 5 nitrogen and oxygen atoms in total. The van der Waals surface area contributed by atoms with Crippen LogP contribution in [-0.2, 0) is 9.53 Å². The molecule has 1 aromatic carbocycles. The Labute approximate surface area is 139 Å². The van der Waals surface area contributed by atoms with Gasteiger partial charge in [-0.3, -0.25) is 4.79 Å². The molecular formula is C17H19NO4S. The Balaban J connectivity index is 1.81. The fraction of sp³-hybridized carbons (Fsp3) is 0.294. The van der Waals surface area contributed by atoms with Crippen molar-refractivity contribution in [2.45, 2.75) is 20.3 Å². The number of hydrogen-bond donors (Lipinski definition) is 1. The molecule has 0 aliphatic rings. The van der Waals surface area contributed by atoms with E-state index in [-0.39, 0.29) is 12.3 Å². The molecule has 0 fully saturated rings. The van der Waals surface area contributed by atoms with Crippen LogP contribution in [0.4, 0.5) is 5.00 Å². The van der Waals surface area contributed by atoms with Gasteiger partial charge in [0.1, 0.15) is 10.6 Å². The molecule has 0 unspecified atom stereocenters. The quantitative estimate of drug-likeness (QED) is 0.821. The summed E-state index contributed by atoms with van der Waals surface area (Å²) in [6.07, 6.45) is 0.235. The molecule has 0 atom stereocenters. The molecule has 23 heavy (non-hydrogen) atoms. The maximum atomic E-state index is 11.9. The molecule has 0 aliphatic heterocycles. The van der Waals surface area contributed by atoms with E-state index in [1.54, 1.807) is 12.1 Å². The highest BCUT2D eigenvalue weighted by Gasteiger charge is 2.11. The fourth-order valence-electron chi connectivity index (χ4n) is 2.09. The van der Waals surface area contributed by atoms with Crippen LogP contribution in [0.5, 0.6) is 5.75 Å².